The zero-order valence-electron chi connectivity index (χ0n) is 32.2. The Morgan fingerprint density at radius 3 is 2.20 bits per heavy atom. The largest absolute Gasteiger partial charge is 0.444 e. The number of nitrogens with one attached hydrogen (secondary N) is 3. The summed E-state index contributed by atoms with van der Waals surface area (Å²) < 4.78 is 5.93. The molecule has 296 valence electrons. The van der Waals surface area contributed by atoms with Crippen molar-refractivity contribution in [1.82, 2.24) is 40.6 Å². The molecule has 0 spiro atoms. The molecule has 2 fully saturated rings. The van der Waals surface area contributed by atoms with E-state index in [1.807, 2.05) is 31.2 Å². The molecule has 1 unspecified atom stereocenters. The predicted molar refractivity (Wildman–Crippen MR) is 199 cm³/mol. The molecule has 3 aliphatic heterocycles. The van der Waals surface area contributed by atoms with Crippen molar-refractivity contribution < 1.29 is 38.3 Å². The second-order valence-corrected chi connectivity index (χ2v) is 15.1. The van der Waals surface area contributed by atoms with Crippen LogP contribution in [0.2, 0.25) is 0 Å². The van der Waals surface area contributed by atoms with Crippen molar-refractivity contribution in [2.24, 2.45) is 11.8 Å². The summed E-state index contributed by atoms with van der Waals surface area (Å²) >= 11 is 0. The van der Waals surface area contributed by atoms with E-state index in [1.165, 1.54) is 28.4 Å². The molecule has 5 rings (SSSR count). The molecule has 0 radical (unpaired) electrons. The van der Waals surface area contributed by atoms with E-state index >= 15 is 0 Å². The van der Waals surface area contributed by atoms with E-state index in [0.717, 1.165) is 17.5 Å². The Bertz CT molecular complexity index is 1750. The fraction of sp³-hybridized carbons (Fsp3) is 0.564. The van der Waals surface area contributed by atoms with E-state index in [-0.39, 0.29) is 31.0 Å². The maximum absolute atomic E-state index is 14.5. The van der Waals surface area contributed by atoms with Gasteiger partial charge in [-0.15, -0.1) is 0 Å². The highest BCUT2D eigenvalue weighted by Gasteiger charge is 2.46. The summed E-state index contributed by atoms with van der Waals surface area (Å²) in [4.78, 5) is 107. The van der Waals surface area contributed by atoms with Crippen LogP contribution in [0.25, 0.3) is 0 Å². The predicted octanol–water partition coefficient (Wildman–Crippen LogP) is 1.62. The van der Waals surface area contributed by atoms with E-state index in [2.05, 4.69) is 25.9 Å². The first-order valence-corrected chi connectivity index (χ1v) is 19.1. The molecule has 0 aliphatic carbocycles. The van der Waals surface area contributed by atoms with Crippen molar-refractivity contribution >= 4 is 41.4 Å². The van der Waals surface area contributed by atoms with Gasteiger partial charge in [-0.25, -0.2) is 9.78 Å². The number of aromatic nitrogens is 2. The summed E-state index contributed by atoms with van der Waals surface area (Å²) in [5.74, 6) is -4.75. The number of nitrogens with zero attached hydrogens (tertiary/aromatic N) is 5. The average molecular weight is 761 g/mol. The van der Waals surface area contributed by atoms with Crippen molar-refractivity contribution in [3.63, 3.8) is 0 Å². The van der Waals surface area contributed by atoms with Crippen LogP contribution in [-0.4, -0.2) is 123 Å². The standard InChI is InChI=1S/C39H52N8O8/c1-6-10-28(33(48)38(53)45-16-9-17-45)42-35(50)30-19-27(55-39(54)46-18-13-25-11-7-8-12-26(25)21-46)22-47(30)37(52)32(24(4)5)44-36(51)31(23(2)3)43-34(49)29-20-40-14-15-41-29/h7-8,11-12,14-15,20,23-24,27-28,30-32H,6,9-10,13,16-19,21-22H2,1-5H3,(H,42,50)(H,43,49)(H,44,51)/t27-,28?,30+,31-,32-/m1/s1. The Kier molecular flexibility index (Phi) is 13.5. The Morgan fingerprint density at radius 2 is 1.58 bits per heavy atom. The number of amides is 6. The highest BCUT2D eigenvalue weighted by molar-refractivity contribution is 6.38. The second kappa shape index (κ2) is 18.3. The van der Waals surface area contributed by atoms with Gasteiger partial charge < -0.3 is 35.4 Å². The molecule has 3 N–H and O–H groups in total. The second-order valence-electron chi connectivity index (χ2n) is 15.1. The molecular weight excluding hydrogens is 708 g/mol. The third kappa shape index (κ3) is 9.83. The fourth-order valence-corrected chi connectivity index (χ4v) is 6.99. The van der Waals surface area contributed by atoms with Gasteiger partial charge in [-0.2, -0.15) is 0 Å². The summed E-state index contributed by atoms with van der Waals surface area (Å²) in [7, 11) is 0. The molecule has 2 saturated heterocycles. The van der Waals surface area contributed by atoms with Gasteiger partial charge in [0, 0.05) is 45.0 Å². The Hall–Kier alpha value is -5.41. The minimum atomic E-state index is -1.19. The number of Topliss-reactive ketones (excluding diaryl/α,β-unsaturated/α-hetero) is 1. The van der Waals surface area contributed by atoms with Gasteiger partial charge >= 0.3 is 6.09 Å². The minimum Gasteiger partial charge on any atom is -0.444 e. The Balaban J connectivity index is 1.35. The third-order valence-corrected chi connectivity index (χ3v) is 10.3. The molecule has 16 nitrogen and oxygen atoms in total. The van der Waals surface area contributed by atoms with Crippen molar-refractivity contribution in [3.8, 4) is 0 Å². The number of carbonyl (C=O) groups is 7. The quantitative estimate of drug-likeness (QED) is 0.238. The Labute approximate surface area is 321 Å². The van der Waals surface area contributed by atoms with Crippen LogP contribution < -0.4 is 16.0 Å². The monoisotopic (exact) mass is 760 g/mol. The normalized spacial score (nSPS) is 19.4. The number of hydrogen-bond donors (Lipinski definition) is 3. The first-order chi connectivity index (χ1) is 26.3. The number of rotatable bonds is 14. The maximum Gasteiger partial charge on any atom is 0.410 e. The van der Waals surface area contributed by atoms with Crippen molar-refractivity contribution in [2.45, 2.75) is 104 Å². The fourth-order valence-electron chi connectivity index (χ4n) is 6.99. The van der Waals surface area contributed by atoms with Gasteiger partial charge in [-0.1, -0.05) is 65.3 Å². The van der Waals surface area contributed by atoms with Gasteiger partial charge in [0.25, 0.3) is 11.8 Å². The molecule has 16 heteroatoms. The van der Waals surface area contributed by atoms with Crippen molar-refractivity contribution in [1.29, 1.82) is 0 Å². The smallest absolute Gasteiger partial charge is 0.410 e. The minimum absolute atomic E-state index is 0.0177. The molecule has 2 aromatic rings. The molecule has 0 bridgehead atoms. The lowest BCUT2D eigenvalue weighted by Crippen LogP contribution is -2.60. The van der Waals surface area contributed by atoms with E-state index in [1.54, 1.807) is 32.6 Å². The van der Waals surface area contributed by atoms with Crippen molar-refractivity contribution in [3.05, 3.63) is 59.7 Å². The lowest BCUT2D eigenvalue weighted by Gasteiger charge is -2.33. The number of likely N-dealkylation sites (tertiary alicyclic amines) is 2. The van der Waals surface area contributed by atoms with Crippen LogP contribution in [-0.2, 0) is 41.7 Å². The summed E-state index contributed by atoms with van der Waals surface area (Å²) in [6.45, 7) is 10.4. The number of hydrogen-bond acceptors (Lipinski definition) is 10. The van der Waals surface area contributed by atoms with Gasteiger partial charge in [0.05, 0.1) is 18.8 Å². The maximum atomic E-state index is 14.5. The number of carbonyl (C=O) groups excluding carboxylic acids is 7. The Morgan fingerprint density at radius 1 is 0.873 bits per heavy atom. The molecule has 1 aromatic heterocycles. The van der Waals surface area contributed by atoms with Gasteiger partial charge in [0.2, 0.25) is 23.5 Å². The third-order valence-electron chi connectivity index (χ3n) is 10.3. The molecule has 1 aromatic carbocycles. The number of ether oxygens (including phenoxy) is 1. The van der Waals surface area contributed by atoms with Crippen LogP contribution in [0.4, 0.5) is 4.79 Å². The molecule has 4 heterocycles. The summed E-state index contributed by atoms with van der Waals surface area (Å²) in [6, 6.07) is 3.35. The van der Waals surface area contributed by atoms with E-state index in [9.17, 15) is 33.6 Å². The molecule has 6 amide bonds. The first-order valence-electron chi connectivity index (χ1n) is 19.1. The van der Waals surface area contributed by atoms with E-state index in [0.29, 0.717) is 39.0 Å². The van der Waals surface area contributed by atoms with E-state index < -0.39 is 77.6 Å². The molecular formula is C39H52N8O8. The number of fused-ring (bicyclic) bond motifs is 1. The lowest BCUT2D eigenvalue weighted by molar-refractivity contribution is -0.149. The summed E-state index contributed by atoms with van der Waals surface area (Å²) in [5.41, 5.74) is 2.18. The van der Waals surface area contributed by atoms with Gasteiger partial charge in [-0.05, 0) is 42.2 Å². The van der Waals surface area contributed by atoms with Crippen LogP contribution in [0, 0.1) is 11.8 Å². The van der Waals surface area contributed by atoms with Gasteiger partial charge in [0.15, 0.2) is 0 Å². The summed E-state index contributed by atoms with van der Waals surface area (Å²) in [5, 5.41) is 8.20. The molecule has 5 atom stereocenters. The van der Waals surface area contributed by atoms with Gasteiger partial charge in [0.1, 0.15) is 29.9 Å². The highest BCUT2D eigenvalue weighted by atomic mass is 16.6. The van der Waals surface area contributed by atoms with Crippen molar-refractivity contribution in [2.75, 3.05) is 26.2 Å². The van der Waals surface area contributed by atoms with Crippen LogP contribution >= 0.6 is 0 Å². The zero-order valence-corrected chi connectivity index (χ0v) is 32.2. The number of benzene rings is 1. The molecule has 0 saturated carbocycles. The van der Waals surface area contributed by atoms with E-state index in [4.69, 9.17) is 4.74 Å². The number of ketones is 1. The van der Waals surface area contributed by atoms with Crippen LogP contribution in [0.5, 0.6) is 0 Å². The average Bonchev–Trinajstić information content (AvgIpc) is 3.58. The highest BCUT2D eigenvalue weighted by Crippen LogP contribution is 2.26. The topological polar surface area (TPSA) is 200 Å². The lowest BCUT2D eigenvalue weighted by atomic mass is 9.98. The molecule has 3 aliphatic rings. The van der Waals surface area contributed by atoms with Crippen LogP contribution in [0.1, 0.15) is 81.9 Å². The zero-order chi connectivity index (χ0) is 39.8. The first kappa shape index (κ1) is 40.8. The van der Waals surface area contributed by atoms with Crippen LogP contribution in [0.15, 0.2) is 42.9 Å². The van der Waals surface area contributed by atoms with Gasteiger partial charge in [-0.3, -0.25) is 33.8 Å². The SMILES string of the molecule is CCCC(NC(=O)[C@@H]1C[C@@H](OC(=O)N2CCc3ccccc3C2)CN1C(=O)[C@H](NC(=O)[C@H](NC(=O)c1cnccn1)C(C)C)C(C)C)C(=O)C(=O)N1CCC1. The summed E-state index contributed by atoms with van der Waals surface area (Å²) in [6.07, 6.45) is 4.68. The molecule has 55 heavy (non-hydrogen) atoms. The van der Waals surface area contributed by atoms with Crippen LogP contribution in [0.3, 0.4) is 0 Å².